The Balaban J connectivity index is 1.18. The summed E-state index contributed by atoms with van der Waals surface area (Å²) in [5, 5.41) is 9.12. The van der Waals surface area contributed by atoms with Crippen LogP contribution in [-0.4, -0.2) is 0 Å². The van der Waals surface area contributed by atoms with Crippen molar-refractivity contribution in [2.75, 3.05) is 4.90 Å². The minimum absolute atomic E-state index is 0.825. The number of benzene rings is 9. The van der Waals surface area contributed by atoms with Crippen LogP contribution in [0, 0.1) is 0 Å². The molecular weight excluding hydrogens is 703 g/mol. The molecule has 4 heteroatoms. The fourth-order valence-corrected chi connectivity index (χ4v) is 9.90. The molecule has 0 N–H and O–H groups in total. The van der Waals surface area contributed by atoms with Gasteiger partial charge in [-0.05, 0) is 64.5 Å². The maximum Gasteiger partial charge on any atom is 0.143 e. The summed E-state index contributed by atoms with van der Waals surface area (Å²) < 4.78 is 16.2. The van der Waals surface area contributed by atoms with Gasteiger partial charge in [-0.15, -0.1) is 11.3 Å². The van der Waals surface area contributed by atoms with E-state index in [0.717, 1.165) is 82.8 Å². The zero-order valence-electron chi connectivity index (χ0n) is 30.1. The summed E-state index contributed by atoms with van der Waals surface area (Å²) in [5.41, 5.74) is 11.1. The summed E-state index contributed by atoms with van der Waals surface area (Å²) in [5.74, 6) is 0. The number of hydrogen-bond acceptors (Lipinski definition) is 4. The molecule has 3 nitrogen and oxygen atoms in total. The molecule has 0 amide bonds. The van der Waals surface area contributed by atoms with Crippen LogP contribution < -0.4 is 4.90 Å². The van der Waals surface area contributed by atoms with Gasteiger partial charge >= 0.3 is 0 Å². The Morgan fingerprint density at radius 3 is 1.98 bits per heavy atom. The normalized spacial score (nSPS) is 11.9. The number of furan rings is 2. The monoisotopic (exact) mass is 733 g/mol. The smallest absolute Gasteiger partial charge is 0.143 e. The zero-order chi connectivity index (χ0) is 36.7. The molecular formula is C52H31NO2S. The second-order valence-electron chi connectivity index (χ2n) is 14.4. The molecule has 0 radical (unpaired) electrons. The molecule has 0 unspecified atom stereocenters. The van der Waals surface area contributed by atoms with Crippen LogP contribution in [0.1, 0.15) is 0 Å². The Bertz CT molecular complexity index is 3480. The molecule has 0 aliphatic carbocycles. The predicted molar refractivity (Wildman–Crippen MR) is 237 cm³/mol. The van der Waals surface area contributed by atoms with Crippen molar-refractivity contribution >= 4 is 103 Å². The van der Waals surface area contributed by atoms with Crippen molar-refractivity contribution in [1.82, 2.24) is 0 Å². The highest BCUT2D eigenvalue weighted by Crippen LogP contribution is 2.49. The second kappa shape index (κ2) is 12.2. The first-order chi connectivity index (χ1) is 27.8. The van der Waals surface area contributed by atoms with Crippen molar-refractivity contribution in [2.45, 2.75) is 0 Å². The van der Waals surface area contributed by atoms with Crippen molar-refractivity contribution in [3.8, 4) is 22.3 Å². The van der Waals surface area contributed by atoms with Gasteiger partial charge in [0.1, 0.15) is 22.3 Å². The van der Waals surface area contributed by atoms with E-state index < -0.39 is 0 Å². The van der Waals surface area contributed by atoms with E-state index in [1.165, 1.54) is 31.3 Å². The van der Waals surface area contributed by atoms with Crippen LogP contribution >= 0.6 is 11.3 Å². The summed E-state index contributed by atoms with van der Waals surface area (Å²) in [7, 11) is 0. The van der Waals surface area contributed by atoms with Gasteiger partial charge in [0.15, 0.2) is 0 Å². The van der Waals surface area contributed by atoms with Crippen LogP contribution in [0.2, 0.25) is 0 Å². The van der Waals surface area contributed by atoms with E-state index in [9.17, 15) is 0 Å². The lowest BCUT2D eigenvalue weighted by Crippen LogP contribution is -2.10. The minimum Gasteiger partial charge on any atom is -0.455 e. The lowest BCUT2D eigenvalue weighted by atomic mass is 9.95. The first-order valence-electron chi connectivity index (χ1n) is 18.9. The van der Waals surface area contributed by atoms with E-state index in [0.29, 0.717) is 0 Å². The summed E-state index contributed by atoms with van der Waals surface area (Å²) in [4.78, 5) is 2.40. The van der Waals surface area contributed by atoms with Gasteiger partial charge < -0.3 is 13.7 Å². The molecule has 0 aliphatic rings. The van der Waals surface area contributed by atoms with E-state index in [1.807, 2.05) is 17.4 Å². The quantitative estimate of drug-likeness (QED) is 0.176. The third kappa shape index (κ3) is 4.70. The molecule has 0 fully saturated rings. The van der Waals surface area contributed by atoms with Gasteiger partial charge in [0.05, 0.1) is 16.1 Å². The van der Waals surface area contributed by atoms with Crippen molar-refractivity contribution in [3.05, 3.63) is 188 Å². The largest absolute Gasteiger partial charge is 0.455 e. The first-order valence-corrected chi connectivity index (χ1v) is 19.7. The van der Waals surface area contributed by atoms with Crippen LogP contribution in [0.15, 0.2) is 197 Å². The Kier molecular flexibility index (Phi) is 6.80. The lowest BCUT2D eigenvalue weighted by molar-refractivity contribution is 0.670. The summed E-state index contributed by atoms with van der Waals surface area (Å²) in [6.45, 7) is 0. The summed E-state index contributed by atoms with van der Waals surface area (Å²) in [6.07, 6.45) is 0. The van der Waals surface area contributed by atoms with Crippen molar-refractivity contribution < 1.29 is 8.83 Å². The lowest BCUT2D eigenvalue weighted by Gasteiger charge is -2.27. The molecule has 0 aliphatic heterocycles. The molecule has 3 heterocycles. The Morgan fingerprint density at radius 2 is 1.09 bits per heavy atom. The van der Waals surface area contributed by atoms with E-state index in [2.05, 4.69) is 187 Å². The Hall–Kier alpha value is -7.14. The van der Waals surface area contributed by atoms with E-state index in [1.54, 1.807) is 0 Å². The number of hydrogen-bond donors (Lipinski definition) is 0. The van der Waals surface area contributed by atoms with Crippen LogP contribution in [0.4, 0.5) is 17.1 Å². The number of rotatable bonds is 5. The average molecular weight is 734 g/mol. The van der Waals surface area contributed by atoms with Gasteiger partial charge in [-0.2, -0.15) is 0 Å². The molecule has 0 bridgehead atoms. The van der Waals surface area contributed by atoms with Crippen molar-refractivity contribution in [1.29, 1.82) is 0 Å². The van der Waals surface area contributed by atoms with Crippen LogP contribution in [0.25, 0.3) is 97.1 Å². The van der Waals surface area contributed by atoms with Crippen LogP contribution in [0.5, 0.6) is 0 Å². The number of nitrogens with zero attached hydrogens (tertiary/aromatic N) is 1. The summed E-state index contributed by atoms with van der Waals surface area (Å²) >= 11 is 1.84. The highest BCUT2D eigenvalue weighted by Gasteiger charge is 2.24. The highest BCUT2D eigenvalue weighted by molar-refractivity contribution is 7.26. The van der Waals surface area contributed by atoms with Gasteiger partial charge in [0, 0.05) is 59.7 Å². The number of anilines is 3. The molecule has 0 spiro atoms. The molecule has 262 valence electrons. The Morgan fingerprint density at radius 1 is 0.393 bits per heavy atom. The fraction of sp³-hybridized carbons (Fsp3) is 0. The van der Waals surface area contributed by atoms with E-state index in [-0.39, 0.29) is 0 Å². The molecule has 0 saturated heterocycles. The van der Waals surface area contributed by atoms with Crippen molar-refractivity contribution in [3.63, 3.8) is 0 Å². The third-order valence-corrected chi connectivity index (χ3v) is 12.5. The minimum atomic E-state index is 0.825. The third-order valence-electron chi connectivity index (χ3n) is 11.3. The first kappa shape index (κ1) is 31.2. The molecule has 56 heavy (non-hydrogen) atoms. The highest BCUT2D eigenvalue weighted by atomic mass is 32.1. The molecule has 0 saturated carbocycles. The summed E-state index contributed by atoms with van der Waals surface area (Å²) in [6, 6.07) is 67.1. The predicted octanol–water partition coefficient (Wildman–Crippen LogP) is 15.8. The van der Waals surface area contributed by atoms with E-state index >= 15 is 0 Å². The second-order valence-corrected chi connectivity index (χ2v) is 15.5. The number of para-hydroxylation sites is 2. The topological polar surface area (TPSA) is 29.5 Å². The Labute approximate surface area is 325 Å². The van der Waals surface area contributed by atoms with Gasteiger partial charge in [-0.25, -0.2) is 0 Å². The molecule has 12 rings (SSSR count). The van der Waals surface area contributed by atoms with Crippen molar-refractivity contribution in [2.24, 2.45) is 0 Å². The van der Waals surface area contributed by atoms with Gasteiger partial charge in [0.2, 0.25) is 0 Å². The maximum atomic E-state index is 7.02. The van der Waals surface area contributed by atoms with Crippen LogP contribution in [-0.2, 0) is 0 Å². The number of thiophene rings is 1. The van der Waals surface area contributed by atoms with E-state index in [4.69, 9.17) is 8.83 Å². The fourth-order valence-electron chi connectivity index (χ4n) is 8.69. The molecule has 0 atom stereocenters. The number of fused-ring (bicyclic) bond motifs is 11. The molecule has 9 aromatic carbocycles. The molecule has 3 aromatic heterocycles. The average Bonchev–Trinajstić information content (AvgIpc) is 3.96. The maximum absolute atomic E-state index is 7.02. The molecule has 12 aromatic rings. The van der Waals surface area contributed by atoms with Gasteiger partial charge in [0.25, 0.3) is 0 Å². The zero-order valence-corrected chi connectivity index (χ0v) is 30.9. The van der Waals surface area contributed by atoms with Crippen LogP contribution in [0.3, 0.4) is 0 Å². The SMILES string of the molecule is c1ccc(-c2ccc(N(c3cc(-c4cccc5c4oc4ccccc45)c4c(c3)oc3c5ccccc5ccc34)c3cccc4c3sc3ccccc34)cc2)cc1. The van der Waals surface area contributed by atoms with Gasteiger partial charge in [-0.1, -0.05) is 140 Å². The van der Waals surface area contributed by atoms with Gasteiger partial charge in [-0.3, -0.25) is 0 Å². The standard InChI is InChI=1S/C52H31NO2S/c1-2-12-32(13-3-1)33-24-27-35(28-25-33)53(45-21-11-20-42-39-17-7-9-23-48(39)56-52(42)45)36-30-44(41-19-10-18-40-38-16-6-8-22-46(38)54-51(40)41)49-43-29-26-34-14-4-5-15-37(34)50(43)55-47(49)31-36/h1-31H.